The van der Waals surface area contributed by atoms with Crippen molar-refractivity contribution < 1.29 is 19.4 Å². The Morgan fingerprint density at radius 2 is 2.12 bits per heavy atom. The Hall–Kier alpha value is -2.67. The number of nitrogens with one attached hydrogen (secondary N) is 1. The number of aliphatic carboxylic acids is 1. The molecule has 0 radical (unpaired) electrons. The first-order valence-electron chi connectivity index (χ1n) is 7.71. The van der Waals surface area contributed by atoms with Crippen LogP contribution in [0.1, 0.15) is 28.8 Å². The zero-order valence-corrected chi connectivity index (χ0v) is 13.4. The van der Waals surface area contributed by atoms with Crippen LogP contribution >= 0.6 is 0 Å². The van der Waals surface area contributed by atoms with Gasteiger partial charge in [-0.1, -0.05) is 30.3 Å². The average Bonchev–Trinajstić information content (AvgIpc) is 3.04. The summed E-state index contributed by atoms with van der Waals surface area (Å²) in [6.45, 7) is 3.20. The molecule has 0 spiro atoms. The number of benzene rings is 1. The molecule has 0 saturated heterocycles. The summed E-state index contributed by atoms with van der Waals surface area (Å²) in [4.78, 5) is 28.3. The van der Waals surface area contributed by atoms with Crippen molar-refractivity contribution in [3.8, 4) is 0 Å². The number of carboxylic acid groups (broad SMARTS) is 1. The Kier molecular flexibility index (Phi) is 4.35. The normalized spacial score (nSPS) is 16.0. The van der Waals surface area contributed by atoms with Gasteiger partial charge in [0.05, 0.1) is 6.61 Å². The third-order valence-electron chi connectivity index (χ3n) is 4.28. The Morgan fingerprint density at radius 3 is 2.79 bits per heavy atom. The smallest absolute Gasteiger partial charge is 0.315 e. The number of aromatic nitrogens is 2. The standard InChI is InChI=1S/C17H19N3O4/c1-17(16(22)23,12-5-3-2-4-6-12)11-18-15(21)13-9-20-7-8-24-10-14(20)19-13/h2-6,9H,7-8,10-11H2,1H3,(H,18,21)(H,22,23). The van der Waals surface area contributed by atoms with Gasteiger partial charge in [-0.05, 0) is 12.5 Å². The second-order valence-corrected chi connectivity index (χ2v) is 5.97. The monoisotopic (exact) mass is 329 g/mol. The minimum Gasteiger partial charge on any atom is -0.481 e. The third-order valence-corrected chi connectivity index (χ3v) is 4.28. The van der Waals surface area contributed by atoms with Gasteiger partial charge in [0.15, 0.2) is 0 Å². The van der Waals surface area contributed by atoms with Crippen LogP contribution in [0, 0.1) is 0 Å². The molecule has 7 nitrogen and oxygen atoms in total. The van der Waals surface area contributed by atoms with Crippen LogP contribution in [0.3, 0.4) is 0 Å². The fourth-order valence-electron chi connectivity index (χ4n) is 2.65. The minimum absolute atomic E-state index is 0.0239. The van der Waals surface area contributed by atoms with Gasteiger partial charge in [-0.15, -0.1) is 0 Å². The molecule has 1 aromatic heterocycles. The van der Waals surface area contributed by atoms with E-state index in [1.807, 2.05) is 10.6 Å². The number of rotatable bonds is 5. The number of fused-ring (bicyclic) bond motifs is 1. The van der Waals surface area contributed by atoms with E-state index < -0.39 is 11.4 Å². The molecule has 7 heteroatoms. The molecule has 0 saturated carbocycles. The van der Waals surface area contributed by atoms with Crippen LogP contribution in [0.15, 0.2) is 36.5 Å². The number of ether oxygens (including phenoxy) is 1. The van der Waals surface area contributed by atoms with Gasteiger partial charge in [0.1, 0.15) is 23.5 Å². The molecule has 1 unspecified atom stereocenters. The first kappa shape index (κ1) is 16.2. The van der Waals surface area contributed by atoms with E-state index in [1.165, 1.54) is 0 Å². The first-order chi connectivity index (χ1) is 11.5. The predicted molar refractivity (Wildman–Crippen MR) is 85.6 cm³/mol. The molecule has 0 aliphatic carbocycles. The molecule has 2 aromatic rings. The van der Waals surface area contributed by atoms with E-state index in [1.54, 1.807) is 37.4 Å². The Bertz CT molecular complexity index is 733. The van der Waals surface area contributed by atoms with E-state index in [0.717, 1.165) is 0 Å². The Labute approximate surface area is 139 Å². The molecular weight excluding hydrogens is 310 g/mol. The lowest BCUT2D eigenvalue weighted by Gasteiger charge is -2.25. The van der Waals surface area contributed by atoms with Gasteiger partial charge in [-0.25, -0.2) is 4.98 Å². The van der Waals surface area contributed by atoms with Crippen molar-refractivity contribution in [2.24, 2.45) is 0 Å². The lowest BCUT2D eigenvalue weighted by atomic mass is 9.82. The molecule has 1 aliphatic rings. The zero-order valence-electron chi connectivity index (χ0n) is 13.4. The molecule has 126 valence electrons. The van der Waals surface area contributed by atoms with Crippen LogP contribution in [0.4, 0.5) is 0 Å². The lowest BCUT2D eigenvalue weighted by Crippen LogP contribution is -2.44. The van der Waals surface area contributed by atoms with Crippen molar-refractivity contribution in [1.29, 1.82) is 0 Å². The van der Waals surface area contributed by atoms with Crippen molar-refractivity contribution in [2.45, 2.75) is 25.5 Å². The second-order valence-electron chi connectivity index (χ2n) is 5.97. The van der Waals surface area contributed by atoms with Gasteiger partial charge in [-0.2, -0.15) is 0 Å². The van der Waals surface area contributed by atoms with Gasteiger partial charge in [0.2, 0.25) is 0 Å². The van der Waals surface area contributed by atoms with Crippen molar-refractivity contribution >= 4 is 11.9 Å². The predicted octanol–water partition coefficient (Wildman–Crippen LogP) is 1.19. The van der Waals surface area contributed by atoms with Crippen molar-refractivity contribution in [3.63, 3.8) is 0 Å². The Balaban J connectivity index is 1.74. The quantitative estimate of drug-likeness (QED) is 0.859. The highest BCUT2D eigenvalue weighted by molar-refractivity contribution is 5.93. The van der Waals surface area contributed by atoms with Crippen LogP contribution in [0.2, 0.25) is 0 Å². The molecular formula is C17H19N3O4. The number of carbonyl (C=O) groups is 2. The van der Waals surface area contributed by atoms with E-state index in [-0.39, 0.29) is 18.1 Å². The summed E-state index contributed by atoms with van der Waals surface area (Å²) >= 11 is 0. The number of carboxylic acids is 1. The van der Waals surface area contributed by atoms with E-state index in [4.69, 9.17) is 4.74 Å². The topological polar surface area (TPSA) is 93.5 Å². The summed E-state index contributed by atoms with van der Waals surface area (Å²) < 4.78 is 7.18. The van der Waals surface area contributed by atoms with Gasteiger partial charge < -0.3 is 19.7 Å². The SMILES string of the molecule is CC(CNC(=O)c1cn2c(n1)COCC2)(C(=O)O)c1ccccc1. The highest BCUT2D eigenvalue weighted by Crippen LogP contribution is 2.23. The molecule has 3 rings (SSSR count). The molecule has 24 heavy (non-hydrogen) atoms. The summed E-state index contributed by atoms with van der Waals surface area (Å²) in [7, 11) is 0. The van der Waals surface area contributed by atoms with Crippen LogP contribution in [-0.2, 0) is 28.1 Å². The molecule has 2 N–H and O–H groups in total. The number of nitrogens with zero attached hydrogens (tertiary/aromatic N) is 2. The van der Waals surface area contributed by atoms with E-state index in [9.17, 15) is 14.7 Å². The molecule has 0 bridgehead atoms. The molecule has 1 amide bonds. The summed E-state index contributed by atoms with van der Waals surface area (Å²) in [5.41, 5.74) is -0.300. The highest BCUT2D eigenvalue weighted by atomic mass is 16.5. The minimum atomic E-state index is -1.21. The van der Waals surface area contributed by atoms with Gasteiger partial charge in [-0.3, -0.25) is 9.59 Å². The van der Waals surface area contributed by atoms with Crippen molar-refractivity contribution in [3.05, 3.63) is 53.6 Å². The van der Waals surface area contributed by atoms with Gasteiger partial charge >= 0.3 is 5.97 Å². The van der Waals surface area contributed by atoms with E-state index >= 15 is 0 Å². The maximum Gasteiger partial charge on any atom is 0.315 e. The molecule has 1 aromatic carbocycles. The molecule has 1 atom stereocenters. The maximum absolute atomic E-state index is 12.3. The molecule has 1 aliphatic heterocycles. The molecule has 0 fully saturated rings. The summed E-state index contributed by atoms with van der Waals surface area (Å²) in [5, 5.41) is 12.3. The average molecular weight is 329 g/mol. The van der Waals surface area contributed by atoms with Crippen LogP contribution in [0.5, 0.6) is 0 Å². The lowest BCUT2D eigenvalue weighted by molar-refractivity contribution is -0.142. The largest absolute Gasteiger partial charge is 0.481 e. The van der Waals surface area contributed by atoms with Crippen LogP contribution in [0.25, 0.3) is 0 Å². The molecule has 2 heterocycles. The van der Waals surface area contributed by atoms with Crippen LogP contribution < -0.4 is 5.32 Å². The van der Waals surface area contributed by atoms with Gasteiger partial charge in [0, 0.05) is 19.3 Å². The summed E-state index contributed by atoms with van der Waals surface area (Å²) in [5.74, 6) is -0.678. The fourth-order valence-corrected chi connectivity index (χ4v) is 2.65. The Morgan fingerprint density at radius 1 is 1.38 bits per heavy atom. The van der Waals surface area contributed by atoms with Crippen molar-refractivity contribution in [2.75, 3.05) is 13.2 Å². The first-order valence-corrected chi connectivity index (χ1v) is 7.71. The maximum atomic E-state index is 12.3. The second kappa shape index (κ2) is 6.45. The van der Waals surface area contributed by atoms with Gasteiger partial charge in [0.25, 0.3) is 5.91 Å². The highest BCUT2D eigenvalue weighted by Gasteiger charge is 2.35. The van der Waals surface area contributed by atoms with Crippen molar-refractivity contribution in [1.82, 2.24) is 14.9 Å². The number of amides is 1. The zero-order chi connectivity index (χ0) is 17.2. The number of hydrogen-bond acceptors (Lipinski definition) is 4. The number of carbonyl (C=O) groups excluding carboxylic acids is 1. The number of imidazole rings is 1. The number of hydrogen-bond donors (Lipinski definition) is 2. The third kappa shape index (κ3) is 3.03. The van der Waals surface area contributed by atoms with Crippen LogP contribution in [-0.4, -0.2) is 39.7 Å². The van der Waals surface area contributed by atoms with E-state index in [2.05, 4.69) is 10.3 Å². The fraction of sp³-hybridized carbons (Fsp3) is 0.353. The van der Waals surface area contributed by atoms with E-state index in [0.29, 0.717) is 31.1 Å². The summed E-state index contributed by atoms with van der Waals surface area (Å²) in [6, 6.07) is 8.87. The summed E-state index contributed by atoms with van der Waals surface area (Å²) in [6.07, 6.45) is 1.67.